The molecule has 0 amide bonds. The van der Waals surface area contributed by atoms with E-state index in [1.807, 2.05) is 19.9 Å². The van der Waals surface area contributed by atoms with Gasteiger partial charge in [0.05, 0.1) is 6.54 Å². The second-order valence-electron chi connectivity index (χ2n) is 6.38. The number of aryl methyl sites for hydroxylation is 2. The number of nitrogens with zero attached hydrogens (tertiary/aromatic N) is 1. The Morgan fingerprint density at radius 3 is 2.62 bits per heavy atom. The minimum atomic E-state index is -0.994. The molecular formula is C16H27N3O2. The van der Waals surface area contributed by atoms with Gasteiger partial charge in [0, 0.05) is 19.2 Å². The highest BCUT2D eigenvalue weighted by atomic mass is 16.3. The Balaban J connectivity index is 1.88. The van der Waals surface area contributed by atoms with Crippen LogP contribution in [0.3, 0.4) is 0 Å². The molecule has 1 fully saturated rings. The zero-order valence-electron chi connectivity index (χ0n) is 13.7. The molecule has 0 aromatic carbocycles. The van der Waals surface area contributed by atoms with E-state index < -0.39 is 5.60 Å². The summed E-state index contributed by atoms with van der Waals surface area (Å²) in [5, 5.41) is 17.2. The van der Waals surface area contributed by atoms with E-state index >= 15 is 0 Å². The van der Waals surface area contributed by atoms with Crippen molar-refractivity contribution in [1.82, 2.24) is 10.6 Å². The monoisotopic (exact) mass is 293 g/mol. The molecule has 0 aliphatic heterocycles. The van der Waals surface area contributed by atoms with Crippen LogP contribution in [0.4, 0.5) is 0 Å². The number of rotatable bonds is 5. The molecule has 1 heterocycles. The second kappa shape index (κ2) is 6.10. The maximum atomic E-state index is 10.7. The largest absolute Gasteiger partial charge is 0.466 e. The van der Waals surface area contributed by atoms with Gasteiger partial charge in [-0.15, -0.1) is 0 Å². The summed E-state index contributed by atoms with van der Waals surface area (Å²) >= 11 is 0. The van der Waals surface area contributed by atoms with E-state index in [1.165, 1.54) is 6.42 Å². The van der Waals surface area contributed by atoms with Gasteiger partial charge in [0.1, 0.15) is 17.1 Å². The first-order valence-electron chi connectivity index (χ1n) is 7.58. The highest BCUT2D eigenvalue weighted by Crippen LogP contribution is 2.36. The zero-order valence-corrected chi connectivity index (χ0v) is 13.7. The fourth-order valence-corrected chi connectivity index (χ4v) is 2.65. The van der Waals surface area contributed by atoms with Crippen LogP contribution in [0.5, 0.6) is 0 Å². The molecule has 0 bridgehead atoms. The minimum Gasteiger partial charge on any atom is -0.466 e. The van der Waals surface area contributed by atoms with Gasteiger partial charge in [-0.2, -0.15) is 0 Å². The molecule has 1 aromatic rings. The maximum Gasteiger partial charge on any atom is 0.191 e. The number of hydrogen-bond acceptors (Lipinski definition) is 3. The zero-order chi connectivity index (χ0) is 15.6. The van der Waals surface area contributed by atoms with E-state index in [-0.39, 0.29) is 0 Å². The summed E-state index contributed by atoms with van der Waals surface area (Å²) in [4.78, 5) is 4.20. The summed E-state index contributed by atoms with van der Waals surface area (Å²) < 4.78 is 5.50. The van der Waals surface area contributed by atoms with Crippen LogP contribution in [0.25, 0.3) is 0 Å². The Labute approximate surface area is 126 Å². The Morgan fingerprint density at radius 1 is 1.48 bits per heavy atom. The molecule has 1 saturated carbocycles. The van der Waals surface area contributed by atoms with Crippen molar-refractivity contribution in [2.24, 2.45) is 16.8 Å². The van der Waals surface area contributed by atoms with Crippen molar-refractivity contribution in [1.29, 1.82) is 0 Å². The summed E-state index contributed by atoms with van der Waals surface area (Å²) in [5.74, 6) is 3.87. The Hall–Kier alpha value is -1.49. The number of furan rings is 1. The first kappa shape index (κ1) is 15.9. The van der Waals surface area contributed by atoms with Crippen molar-refractivity contribution in [3.63, 3.8) is 0 Å². The summed E-state index contributed by atoms with van der Waals surface area (Å²) in [6, 6.07) is 1.89. The Morgan fingerprint density at radius 2 is 2.14 bits per heavy atom. The lowest BCUT2D eigenvalue weighted by Gasteiger charge is -2.24. The van der Waals surface area contributed by atoms with Gasteiger partial charge in [-0.25, -0.2) is 0 Å². The number of guanidine groups is 1. The topological polar surface area (TPSA) is 69.8 Å². The van der Waals surface area contributed by atoms with E-state index in [0.717, 1.165) is 41.4 Å². The minimum absolute atomic E-state index is 0.382. The summed E-state index contributed by atoms with van der Waals surface area (Å²) in [7, 11) is 1.74. The molecular weight excluding hydrogens is 266 g/mol. The van der Waals surface area contributed by atoms with Crippen LogP contribution in [0, 0.1) is 25.7 Å². The van der Waals surface area contributed by atoms with Gasteiger partial charge in [-0.1, -0.05) is 6.92 Å². The van der Waals surface area contributed by atoms with Crippen LogP contribution in [0.1, 0.15) is 37.4 Å². The van der Waals surface area contributed by atoms with Crippen molar-refractivity contribution < 1.29 is 9.52 Å². The molecule has 1 aliphatic rings. The van der Waals surface area contributed by atoms with Crippen molar-refractivity contribution in [3.05, 3.63) is 23.2 Å². The maximum absolute atomic E-state index is 10.7. The van der Waals surface area contributed by atoms with Crippen LogP contribution in [0.2, 0.25) is 0 Å². The van der Waals surface area contributed by atoms with Gasteiger partial charge in [-0.05, 0) is 45.1 Å². The van der Waals surface area contributed by atoms with Crippen LogP contribution in [-0.2, 0) is 5.60 Å². The highest BCUT2D eigenvalue weighted by Gasteiger charge is 2.32. The van der Waals surface area contributed by atoms with E-state index in [9.17, 15) is 5.11 Å². The van der Waals surface area contributed by atoms with Gasteiger partial charge in [0.25, 0.3) is 0 Å². The molecule has 0 saturated heterocycles. The van der Waals surface area contributed by atoms with E-state index in [2.05, 4.69) is 22.5 Å². The summed E-state index contributed by atoms with van der Waals surface area (Å²) in [5.41, 5.74) is -0.175. The molecule has 3 unspecified atom stereocenters. The van der Waals surface area contributed by atoms with Gasteiger partial charge in [0.2, 0.25) is 0 Å². The second-order valence-corrected chi connectivity index (χ2v) is 6.38. The van der Waals surface area contributed by atoms with Crippen LogP contribution in [0.15, 0.2) is 15.5 Å². The number of hydrogen-bond donors (Lipinski definition) is 3. The average Bonchev–Trinajstić information content (AvgIpc) is 3.00. The molecule has 5 heteroatoms. The van der Waals surface area contributed by atoms with Gasteiger partial charge in [-0.3, -0.25) is 4.99 Å². The molecule has 5 nitrogen and oxygen atoms in total. The van der Waals surface area contributed by atoms with Crippen molar-refractivity contribution in [2.75, 3.05) is 20.1 Å². The lowest BCUT2D eigenvalue weighted by atomic mass is 9.96. The molecule has 118 valence electrons. The fraction of sp³-hybridized carbons (Fsp3) is 0.688. The lowest BCUT2D eigenvalue weighted by Crippen LogP contribution is -2.45. The normalized spacial score (nSPS) is 24.6. The van der Waals surface area contributed by atoms with Crippen molar-refractivity contribution >= 4 is 5.96 Å². The molecule has 3 atom stereocenters. The van der Waals surface area contributed by atoms with E-state index in [0.29, 0.717) is 6.54 Å². The number of nitrogens with one attached hydrogen (secondary N) is 2. The van der Waals surface area contributed by atoms with Gasteiger partial charge in [0.15, 0.2) is 5.96 Å². The quantitative estimate of drug-likeness (QED) is 0.573. The SMILES string of the molecule is CN=C(NCC1CC1C)NCC(C)(O)c1cc(C)oc1C. The molecule has 3 N–H and O–H groups in total. The Kier molecular flexibility index (Phi) is 4.61. The van der Waals surface area contributed by atoms with Crippen molar-refractivity contribution in [3.8, 4) is 0 Å². The molecule has 0 radical (unpaired) electrons. The standard InChI is InChI=1S/C16H27N3O2/c1-10-6-13(10)8-18-15(17-5)19-9-16(4,20)14-7-11(2)21-12(14)3/h7,10,13,20H,6,8-9H2,1-5H3,(H2,17,18,19). The molecule has 2 rings (SSSR count). The molecule has 1 aromatic heterocycles. The third kappa shape index (κ3) is 4.00. The summed E-state index contributed by atoms with van der Waals surface area (Å²) in [6.45, 7) is 9.13. The third-order valence-electron chi connectivity index (χ3n) is 4.25. The number of aliphatic imine (C=N–C) groups is 1. The smallest absolute Gasteiger partial charge is 0.191 e. The Bertz CT molecular complexity index is 520. The van der Waals surface area contributed by atoms with Crippen LogP contribution in [-0.4, -0.2) is 31.2 Å². The predicted molar refractivity (Wildman–Crippen MR) is 84.4 cm³/mol. The van der Waals surface area contributed by atoms with Crippen LogP contribution < -0.4 is 10.6 Å². The van der Waals surface area contributed by atoms with Gasteiger partial charge < -0.3 is 20.2 Å². The highest BCUT2D eigenvalue weighted by molar-refractivity contribution is 5.79. The third-order valence-corrected chi connectivity index (χ3v) is 4.25. The first-order valence-corrected chi connectivity index (χ1v) is 7.58. The predicted octanol–water partition coefficient (Wildman–Crippen LogP) is 1.92. The van der Waals surface area contributed by atoms with E-state index in [1.54, 1.807) is 14.0 Å². The molecule has 21 heavy (non-hydrogen) atoms. The van der Waals surface area contributed by atoms with Crippen molar-refractivity contribution in [2.45, 2.75) is 39.7 Å². The fourth-order valence-electron chi connectivity index (χ4n) is 2.65. The lowest BCUT2D eigenvalue weighted by molar-refractivity contribution is 0.0602. The number of aliphatic hydroxyl groups is 1. The molecule has 1 aliphatic carbocycles. The van der Waals surface area contributed by atoms with Crippen LogP contribution >= 0.6 is 0 Å². The first-order chi connectivity index (χ1) is 9.83. The molecule has 0 spiro atoms. The van der Waals surface area contributed by atoms with Gasteiger partial charge >= 0.3 is 0 Å². The summed E-state index contributed by atoms with van der Waals surface area (Å²) in [6.07, 6.45) is 1.29. The average molecular weight is 293 g/mol. The van der Waals surface area contributed by atoms with E-state index in [4.69, 9.17) is 4.42 Å².